The van der Waals surface area contributed by atoms with E-state index < -0.39 is 22.3 Å². The summed E-state index contributed by atoms with van der Waals surface area (Å²) in [6.45, 7) is 0. The van der Waals surface area contributed by atoms with E-state index in [4.69, 9.17) is 26.3 Å². The van der Waals surface area contributed by atoms with E-state index in [2.05, 4.69) is 0 Å². The molecule has 0 fully saturated rings. The van der Waals surface area contributed by atoms with Crippen LogP contribution in [0.25, 0.3) is 0 Å². The van der Waals surface area contributed by atoms with Gasteiger partial charge in [-0.25, -0.2) is 0 Å². The maximum absolute atomic E-state index is 12.3. The highest BCUT2D eigenvalue weighted by molar-refractivity contribution is 7.86. The lowest BCUT2D eigenvalue weighted by Gasteiger charge is -2.17. The fraction of sp³-hybridized carbons (Fsp3) is 0.176. The summed E-state index contributed by atoms with van der Waals surface area (Å²) in [5, 5.41) is 10.8. The third kappa shape index (κ3) is 3.89. The molecule has 2 unspecified atom stereocenters. The molecule has 1 aliphatic heterocycles. The molecule has 0 aromatic heterocycles. The first-order valence-electron chi connectivity index (χ1n) is 7.42. The number of hydrogen-bond donors (Lipinski definition) is 2. The van der Waals surface area contributed by atoms with Crippen molar-refractivity contribution in [2.75, 3.05) is 0 Å². The van der Waals surface area contributed by atoms with Crippen LogP contribution in [0, 0.1) is 0 Å². The molecule has 6 nitrogen and oxygen atoms in total. The number of aliphatic hydroxyl groups is 1. The van der Waals surface area contributed by atoms with Crippen LogP contribution >= 0.6 is 11.6 Å². The summed E-state index contributed by atoms with van der Waals surface area (Å²) in [5.41, 5.74) is 6.75. The molecule has 3 N–H and O–H groups in total. The average molecular weight is 382 g/mol. The predicted octanol–water partition coefficient (Wildman–Crippen LogP) is 2.45. The molecule has 0 saturated heterocycles. The summed E-state index contributed by atoms with van der Waals surface area (Å²) in [7, 11) is -4.01. The highest BCUT2D eigenvalue weighted by Gasteiger charge is 2.40. The molecular weight excluding hydrogens is 366 g/mol. The lowest BCUT2D eigenvalue weighted by atomic mass is 10.0. The van der Waals surface area contributed by atoms with Crippen LogP contribution in [0.15, 0.2) is 66.2 Å². The Morgan fingerprint density at radius 2 is 1.76 bits per heavy atom. The summed E-state index contributed by atoms with van der Waals surface area (Å²) in [5.74, 6) is -0.969. The minimum atomic E-state index is -4.01. The van der Waals surface area contributed by atoms with E-state index >= 15 is 0 Å². The zero-order valence-electron chi connectivity index (χ0n) is 13.0. The van der Waals surface area contributed by atoms with E-state index in [1.165, 1.54) is 0 Å². The van der Waals surface area contributed by atoms with Crippen LogP contribution in [-0.4, -0.2) is 19.6 Å². The quantitative estimate of drug-likeness (QED) is 0.772. The molecule has 0 bridgehead atoms. The number of aliphatic hydroxyl groups excluding tert-OH is 1. The van der Waals surface area contributed by atoms with Gasteiger partial charge in [-0.15, -0.1) is 0 Å². The van der Waals surface area contributed by atoms with Gasteiger partial charge in [-0.05, 0) is 11.6 Å². The Balaban J connectivity index is 1.78. The van der Waals surface area contributed by atoms with Crippen molar-refractivity contribution in [3.63, 3.8) is 0 Å². The van der Waals surface area contributed by atoms with Crippen molar-refractivity contribution in [3.05, 3.63) is 82.4 Å². The van der Waals surface area contributed by atoms with Crippen molar-refractivity contribution in [1.82, 2.24) is 0 Å². The van der Waals surface area contributed by atoms with Crippen LogP contribution < -0.4 is 5.73 Å². The van der Waals surface area contributed by atoms with Crippen LogP contribution in [0.1, 0.15) is 17.2 Å². The second-order valence-corrected chi connectivity index (χ2v) is 7.48. The largest absolute Gasteiger partial charge is 0.465 e. The van der Waals surface area contributed by atoms with E-state index in [1.807, 2.05) is 0 Å². The summed E-state index contributed by atoms with van der Waals surface area (Å²) >= 11 is 6.10. The maximum atomic E-state index is 12.3. The van der Waals surface area contributed by atoms with Gasteiger partial charge in [0.25, 0.3) is 0 Å². The van der Waals surface area contributed by atoms with E-state index in [1.54, 1.807) is 54.6 Å². The molecule has 0 radical (unpaired) electrons. The normalized spacial score (nSPS) is 20.4. The Hall–Kier alpha value is -2.22. The minimum Gasteiger partial charge on any atom is -0.465 e. The minimum absolute atomic E-state index is 0.283. The van der Waals surface area contributed by atoms with Gasteiger partial charge in [0.1, 0.15) is 5.75 Å². The number of benzene rings is 2. The molecule has 2 aromatic carbocycles. The first-order chi connectivity index (χ1) is 11.9. The molecule has 0 aliphatic carbocycles. The van der Waals surface area contributed by atoms with E-state index in [9.17, 15) is 13.5 Å². The Kier molecular flexibility index (Phi) is 4.89. The summed E-state index contributed by atoms with van der Waals surface area (Å²) < 4.78 is 34.9. The number of halogens is 1. The molecule has 2 atom stereocenters. The van der Waals surface area contributed by atoms with Gasteiger partial charge in [0.05, 0.1) is 0 Å². The van der Waals surface area contributed by atoms with Crippen LogP contribution in [0.4, 0.5) is 0 Å². The third-order valence-corrected chi connectivity index (χ3v) is 5.13. The Morgan fingerprint density at radius 1 is 1.12 bits per heavy atom. The molecule has 132 valence electrons. The van der Waals surface area contributed by atoms with E-state index in [0.717, 1.165) is 0 Å². The van der Waals surface area contributed by atoms with Crippen molar-refractivity contribution < 1.29 is 22.4 Å². The van der Waals surface area contributed by atoms with Gasteiger partial charge < -0.3 is 19.8 Å². The molecule has 3 rings (SSSR count). The van der Waals surface area contributed by atoms with Gasteiger partial charge in [0, 0.05) is 10.6 Å². The zero-order valence-corrected chi connectivity index (χ0v) is 14.6. The maximum Gasteiger partial charge on any atom is 0.313 e. The average Bonchev–Trinajstić information content (AvgIpc) is 2.83. The molecule has 0 amide bonds. The number of ether oxygens (including phenoxy) is 1. The second kappa shape index (κ2) is 6.95. The van der Waals surface area contributed by atoms with Gasteiger partial charge in [-0.1, -0.05) is 60.1 Å². The topological polar surface area (TPSA) is 98.9 Å². The smallest absolute Gasteiger partial charge is 0.313 e. The van der Waals surface area contributed by atoms with Crippen LogP contribution in [0.3, 0.4) is 0 Å². The van der Waals surface area contributed by atoms with E-state index in [0.29, 0.717) is 16.1 Å². The number of nitrogens with two attached hydrogens (primary N) is 1. The first kappa shape index (κ1) is 17.6. The lowest BCUT2D eigenvalue weighted by molar-refractivity contribution is 0.0408. The highest BCUT2D eigenvalue weighted by atomic mass is 35.5. The first-order valence-corrected chi connectivity index (χ1v) is 9.38. The monoisotopic (exact) mass is 381 g/mol. The summed E-state index contributed by atoms with van der Waals surface area (Å²) in [6, 6.07) is 15.3. The molecular formula is C17H16ClNO5S. The third-order valence-electron chi connectivity index (χ3n) is 3.67. The summed E-state index contributed by atoms with van der Waals surface area (Å²) in [6.07, 6.45) is -2.32. The van der Waals surface area contributed by atoms with Gasteiger partial charge in [-0.2, -0.15) is 8.42 Å². The zero-order chi connectivity index (χ0) is 18.0. The molecule has 2 aromatic rings. The highest BCUT2D eigenvalue weighted by Crippen LogP contribution is 2.38. The van der Waals surface area contributed by atoms with Crippen LogP contribution in [-0.2, 0) is 24.8 Å². The molecule has 1 heterocycles. The van der Waals surface area contributed by atoms with Gasteiger partial charge in [-0.3, -0.25) is 0 Å². The number of hydrogen-bond acceptors (Lipinski definition) is 6. The van der Waals surface area contributed by atoms with Crippen molar-refractivity contribution in [2.45, 2.75) is 18.0 Å². The van der Waals surface area contributed by atoms with Gasteiger partial charge >= 0.3 is 10.1 Å². The fourth-order valence-electron chi connectivity index (χ4n) is 2.52. The van der Waals surface area contributed by atoms with Crippen molar-refractivity contribution in [1.29, 1.82) is 0 Å². The Bertz CT molecular complexity index is 898. The lowest BCUT2D eigenvalue weighted by Crippen LogP contribution is -2.21. The second-order valence-electron chi connectivity index (χ2n) is 5.50. The summed E-state index contributed by atoms with van der Waals surface area (Å²) in [4.78, 5) is 0. The fourth-order valence-corrected chi connectivity index (χ4v) is 3.87. The van der Waals surface area contributed by atoms with Crippen molar-refractivity contribution >= 4 is 21.7 Å². The molecule has 1 aliphatic rings. The SMILES string of the molecule is NC1=C(OS(=O)(=O)Cc2ccccc2)C(O)C(c2ccccc2Cl)O1. The van der Waals surface area contributed by atoms with Gasteiger partial charge in [0.15, 0.2) is 12.2 Å². The predicted molar refractivity (Wildman–Crippen MR) is 92.6 cm³/mol. The van der Waals surface area contributed by atoms with Crippen LogP contribution in [0.5, 0.6) is 0 Å². The van der Waals surface area contributed by atoms with Crippen LogP contribution in [0.2, 0.25) is 5.02 Å². The van der Waals surface area contributed by atoms with E-state index in [-0.39, 0.29) is 17.4 Å². The Morgan fingerprint density at radius 3 is 2.44 bits per heavy atom. The van der Waals surface area contributed by atoms with Crippen molar-refractivity contribution in [3.8, 4) is 0 Å². The number of rotatable bonds is 5. The van der Waals surface area contributed by atoms with Crippen molar-refractivity contribution in [2.24, 2.45) is 5.73 Å². The molecule has 0 spiro atoms. The van der Waals surface area contributed by atoms with Gasteiger partial charge in [0.2, 0.25) is 11.6 Å². The molecule has 0 saturated carbocycles. The molecule has 8 heteroatoms. The molecule has 25 heavy (non-hydrogen) atoms. The Labute approximate surface area is 150 Å². The standard InChI is InChI=1S/C17H16ClNO5S/c18-13-9-5-4-8-12(13)15-14(20)16(17(19)23-15)24-25(21,22)10-11-6-2-1-3-7-11/h1-9,14-15,20H,10,19H2.